The van der Waals surface area contributed by atoms with E-state index in [-0.39, 0.29) is 0 Å². The highest BCUT2D eigenvalue weighted by atomic mass is 15.2. The summed E-state index contributed by atoms with van der Waals surface area (Å²) in [4.78, 5) is 2.67. The molecule has 0 aliphatic carbocycles. The Bertz CT molecular complexity index is 183. The predicted molar refractivity (Wildman–Crippen MR) is 55.8 cm³/mol. The fraction of sp³-hybridized carbons (Fsp3) is 1.00. The normalized spacial score (nSPS) is 36.2. The van der Waals surface area contributed by atoms with Gasteiger partial charge in [-0.15, -0.1) is 0 Å². The van der Waals surface area contributed by atoms with Crippen molar-refractivity contribution in [3.05, 3.63) is 0 Å². The second-order valence-corrected chi connectivity index (χ2v) is 5.62. The summed E-state index contributed by atoms with van der Waals surface area (Å²) in [7, 11) is 0. The first-order chi connectivity index (χ1) is 6.07. The number of hydrogen-bond donors (Lipinski definition) is 1. The predicted octanol–water partition coefficient (Wildman–Crippen LogP) is 1.47. The molecule has 2 heterocycles. The summed E-state index contributed by atoms with van der Waals surface area (Å²) in [6.07, 6.45) is 2.81. The Labute approximate surface area is 81.7 Å². The van der Waals surface area contributed by atoms with Gasteiger partial charge in [-0.1, -0.05) is 20.8 Å². The third-order valence-electron chi connectivity index (χ3n) is 3.56. The van der Waals surface area contributed by atoms with Crippen molar-refractivity contribution in [2.24, 2.45) is 5.41 Å². The van der Waals surface area contributed by atoms with Crippen molar-refractivity contribution in [3.8, 4) is 0 Å². The molecule has 0 aromatic heterocycles. The number of nitrogens with one attached hydrogen (secondary N) is 1. The molecule has 0 spiro atoms. The molecular formula is C11H22N2. The maximum absolute atomic E-state index is 3.69. The Morgan fingerprint density at radius 3 is 2.77 bits per heavy atom. The highest BCUT2D eigenvalue weighted by Crippen LogP contribution is 2.27. The zero-order valence-electron chi connectivity index (χ0n) is 9.14. The van der Waals surface area contributed by atoms with Crippen LogP contribution in [-0.4, -0.2) is 36.6 Å². The van der Waals surface area contributed by atoms with Gasteiger partial charge < -0.3 is 5.32 Å². The summed E-state index contributed by atoms with van der Waals surface area (Å²) in [5.74, 6) is 0. The van der Waals surface area contributed by atoms with Crippen LogP contribution in [0.2, 0.25) is 0 Å². The molecule has 0 unspecified atom stereocenters. The molecule has 0 aromatic rings. The van der Waals surface area contributed by atoms with Crippen molar-refractivity contribution in [1.29, 1.82) is 0 Å². The maximum atomic E-state index is 3.69. The van der Waals surface area contributed by atoms with Gasteiger partial charge in [0.2, 0.25) is 0 Å². The van der Waals surface area contributed by atoms with Crippen LogP contribution in [0.4, 0.5) is 0 Å². The van der Waals surface area contributed by atoms with Gasteiger partial charge in [0.05, 0.1) is 0 Å². The zero-order chi connectivity index (χ0) is 9.47. The number of fused-ring (bicyclic) bond motifs is 1. The Hall–Kier alpha value is -0.0800. The first-order valence-electron chi connectivity index (χ1n) is 5.55. The molecule has 2 saturated heterocycles. The van der Waals surface area contributed by atoms with Crippen LogP contribution in [0.3, 0.4) is 0 Å². The maximum Gasteiger partial charge on any atom is 0.0244 e. The number of rotatable bonds is 0. The summed E-state index contributed by atoms with van der Waals surface area (Å²) in [6.45, 7) is 10.8. The number of piperazine rings is 1. The van der Waals surface area contributed by atoms with E-state index in [2.05, 4.69) is 31.0 Å². The fourth-order valence-corrected chi connectivity index (χ4v) is 2.52. The molecule has 0 aromatic carbocycles. The highest BCUT2D eigenvalue weighted by molar-refractivity contribution is 4.94. The molecule has 2 fully saturated rings. The van der Waals surface area contributed by atoms with Gasteiger partial charge in [-0.05, 0) is 24.8 Å². The van der Waals surface area contributed by atoms with Crippen LogP contribution < -0.4 is 5.32 Å². The molecule has 2 aliphatic rings. The molecule has 13 heavy (non-hydrogen) atoms. The molecule has 1 N–H and O–H groups in total. The lowest BCUT2D eigenvalue weighted by molar-refractivity contribution is 0.115. The smallest absolute Gasteiger partial charge is 0.0244 e. The second kappa shape index (κ2) is 3.25. The van der Waals surface area contributed by atoms with Crippen LogP contribution in [0, 0.1) is 5.41 Å². The van der Waals surface area contributed by atoms with Gasteiger partial charge in [0.25, 0.3) is 0 Å². The minimum atomic E-state index is 0.410. The quantitative estimate of drug-likeness (QED) is 0.610. The first kappa shape index (κ1) is 9.47. The van der Waals surface area contributed by atoms with Gasteiger partial charge in [-0.2, -0.15) is 0 Å². The van der Waals surface area contributed by atoms with E-state index in [9.17, 15) is 0 Å². The standard InChI is InChI=1S/C11H22N2/c1-11(2,3)10-8-13-6-4-5-9(13)7-12-10/h9-10,12H,4-8H2,1-3H3/t9-,10+/m0/s1. The molecule has 76 valence electrons. The Kier molecular flexibility index (Phi) is 2.37. The van der Waals surface area contributed by atoms with E-state index in [0.717, 1.165) is 6.04 Å². The van der Waals surface area contributed by atoms with Gasteiger partial charge in [-0.3, -0.25) is 4.90 Å². The lowest BCUT2D eigenvalue weighted by Crippen LogP contribution is -2.58. The van der Waals surface area contributed by atoms with Gasteiger partial charge in [0.1, 0.15) is 0 Å². The van der Waals surface area contributed by atoms with Crippen LogP contribution in [-0.2, 0) is 0 Å². The van der Waals surface area contributed by atoms with Gasteiger partial charge in [-0.25, -0.2) is 0 Å². The van der Waals surface area contributed by atoms with E-state index in [1.54, 1.807) is 0 Å². The molecule has 2 nitrogen and oxygen atoms in total. The van der Waals surface area contributed by atoms with E-state index >= 15 is 0 Å². The Balaban J connectivity index is 1.97. The highest BCUT2D eigenvalue weighted by Gasteiger charge is 2.35. The van der Waals surface area contributed by atoms with Gasteiger partial charge in [0, 0.05) is 25.2 Å². The minimum absolute atomic E-state index is 0.410. The molecule has 2 rings (SSSR count). The van der Waals surface area contributed by atoms with Crippen LogP contribution in [0.15, 0.2) is 0 Å². The van der Waals surface area contributed by atoms with Gasteiger partial charge in [0.15, 0.2) is 0 Å². The third-order valence-corrected chi connectivity index (χ3v) is 3.56. The summed E-state index contributed by atoms with van der Waals surface area (Å²) >= 11 is 0. The Morgan fingerprint density at radius 1 is 1.31 bits per heavy atom. The van der Waals surface area contributed by atoms with Crippen molar-refractivity contribution >= 4 is 0 Å². The van der Waals surface area contributed by atoms with Crippen molar-refractivity contribution in [2.45, 2.75) is 45.7 Å². The van der Waals surface area contributed by atoms with Gasteiger partial charge >= 0.3 is 0 Å². The van der Waals surface area contributed by atoms with Crippen LogP contribution >= 0.6 is 0 Å². The summed E-state index contributed by atoms with van der Waals surface area (Å²) in [6, 6.07) is 1.53. The summed E-state index contributed by atoms with van der Waals surface area (Å²) < 4.78 is 0. The van der Waals surface area contributed by atoms with Crippen molar-refractivity contribution in [1.82, 2.24) is 10.2 Å². The molecule has 2 heteroatoms. The first-order valence-corrected chi connectivity index (χ1v) is 5.55. The van der Waals surface area contributed by atoms with Crippen LogP contribution in [0.5, 0.6) is 0 Å². The van der Waals surface area contributed by atoms with Crippen molar-refractivity contribution in [3.63, 3.8) is 0 Å². The lowest BCUT2D eigenvalue weighted by Gasteiger charge is -2.42. The van der Waals surface area contributed by atoms with E-state index in [0.29, 0.717) is 11.5 Å². The fourth-order valence-electron chi connectivity index (χ4n) is 2.52. The van der Waals surface area contributed by atoms with Crippen molar-refractivity contribution in [2.75, 3.05) is 19.6 Å². The van der Waals surface area contributed by atoms with E-state index in [4.69, 9.17) is 0 Å². The molecule has 0 bridgehead atoms. The average molecular weight is 182 g/mol. The molecule has 0 amide bonds. The summed E-state index contributed by atoms with van der Waals surface area (Å²) in [5.41, 5.74) is 0.410. The molecule has 2 atom stereocenters. The topological polar surface area (TPSA) is 15.3 Å². The van der Waals surface area contributed by atoms with Crippen LogP contribution in [0.25, 0.3) is 0 Å². The van der Waals surface area contributed by atoms with E-state index in [1.165, 1.54) is 32.5 Å². The Morgan fingerprint density at radius 2 is 2.08 bits per heavy atom. The van der Waals surface area contributed by atoms with E-state index in [1.807, 2.05) is 0 Å². The molecule has 0 radical (unpaired) electrons. The second-order valence-electron chi connectivity index (χ2n) is 5.62. The monoisotopic (exact) mass is 182 g/mol. The largest absolute Gasteiger partial charge is 0.311 e. The minimum Gasteiger partial charge on any atom is -0.311 e. The molecule has 2 aliphatic heterocycles. The molecule has 0 saturated carbocycles. The number of nitrogens with zero attached hydrogens (tertiary/aromatic N) is 1. The lowest BCUT2D eigenvalue weighted by atomic mass is 9.85. The average Bonchev–Trinajstić information content (AvgIpc) is 2.47. The zero-order valence-corrected chi connectivity index (χ0v) is 9.14. The number of hydrogen-bond acceptors (Lipinski definition) is 2. The van der Waals surface area contributed by atoms with E-state index < -0.39 is 0 Å². The SMILES string of the molecule is CC(C)(C)[C@H]1CN2CCC[C@H]2CN1. The molecular weight excluding hydrogens is 160 g/mol. The van der Waals surface area contributed by atoms with Crippen molar-refractivity contribution < 1.29 is 0 Å². The third kappa shape index (κ3) is 1.89. The summed E-state index contributed by atoms with van der Waals surface area (Å²) in [5, 5.41) is 3.69. The van der Waals surface area contributed by atoms with Crippen LogP contribution in [0.1, 0.15) is 33.6 Å².